The van der Waals surface area contributed by atoms with Crippen LogP contribution in [-0.2, 0) is 0 Å². The zero-order valence-electron chi connectivity index (χ0n) is 24.0. The molecule has 0 radical (unpaired) electrons. The summed E-state index contributed by atoms with van der Waals surface area (Å²) in [4.78, 5) is 0. The average Bonchev–Trinajstić information content (AvgIpc) is 3.67. The number of rotatable bonds is 4. The zero-order chi connectivity index (χ0) is 29.0. The predicted octanol–water partition coefficient (Wildman–Crippen LogP) is 11.1. The summed E-state index contributed by atoms with van der Waals surface area (Å²) in [5.41, 5.74) is 12.6. The first-order chi connectivity index (χ1) is 21.8. The van der Waals surface area contributed by atoms with Crippen LogP contribution in [0.1, 0.15) is 17.0 Å². The zero-order valence-corrected chi connectivity index (χ0v) is 24.0. The third-order valence-corrected chi connectivity index (χ3v) is 9.07. The molecule has 6 aromatic carbocycles. The van der Waals surface area contributed by atoms with Crippen molar-refractivity contribution in [2.24, 2.45) is 0 Å². The molecule has 1 aliphatic carbocycles. The van der Waals surface area contributed by atoms with Crippen LogP contribution in [0.2, 0.25) is 0 Å². The Morgan fingerprint density at radius 3 is 1.70 bits per heavy atom. The lowest BCUT2D eigenvalue weighted by molar-refractivity contribution is 0.269. The molecular weight excluding hydrogens is 536 g/mol. The molecule has 0 amide bonds. The molecule has 2 heterocycles. The highest BCUT2D eigenvalue weighted by Gasteiger charge is 2.36. The maximum Gasteiger partial charge on any atom is 0.177 e. The van der Waals surface area contributed by atoms with Gasteiger partial charge in [0.05, 0.1) is 0 Å². The standard InChI is InChI=1S/C42H28O2/c1-3-7-27(8-4-1)29-11-15-31(16-12-29)33-19-23-39-37(25-33)35-21-22-36-38-26-34(20-24-40(38)44-42(36)41(35)43-39)32-17-13-30(14-18-32)28-9-5-2-6-10-28/h1-26,37,39H. The highest BCUT2D eigenvalue weighted by molar-refractivity contribution is 6.08. The van der Waals surface area contributed by atoms with Gasteiger partial charge in [0.1, 0.15) is 11.7 Å². The second kappa shape index (κ2) is 10.00. The first kappa shape index (κ1) is 24.9. The Bertz CT molecular complexity index is 2220. The summed E-state index contributed by atoms with van der Waals surface area (Å²) < 4.78 is 13.0. The predicted molar refractivity (Wildman–Crippen MR) is 181 cm³/mol. The normalized spacial score (nSPS) is 16.9. The van der Waals surface area contributed by atoms with Crippen molar-refractivity contribution in [1.29, 1.82) is 0 Å². The fraction of sp³-hybridized carbons (Fsp3) is 0.0476. The minimum atomic E-state index is -0.0326. The minimum Gasteiger partial charge on any atom is -0.481 e. The highest BCUT2D eigenvalue weighted by atomic mass is 16.5. The number of hydrogen-bond acceptors (Lipinski definition) is 2. The lowest BCUT2D eigenvalue weighted by atomic mass is 9.86. The van der Waals surface area contributed by atoms with Crippen molar-refractivity contribution in [3.63, 3.8) is 0 Å². The summed E-state index contributed by atoms with van der Waals surface area (Å²) in [6.45, 7) is 0. The number of furan rings is 1. The molecule has 0 bridgehead atoms. The molecule has 1 aromatic heterocycles. The van der Waals surface area contributed by atoms with Gasteiger partial charge in [-0.1, -0.05) is 133 Å². The van der Waals surface area contributed by atoms with Crippen molar-refractivity contribution in [3.05, 3.63) is 169 Å². The van der Waals surface area contributed by atoms with E-state index in [9.17, 15) is 0 Å². The monoisotopic (exact) mass is 564 g/mol. The number of benzene rings is 6. The van der Waals surface area contributed by atoms with Crippen molar-refractivity contribution in [2.45, 2.75) is 12.0 Å². The molecule has 1 aliphatic heterocycles. The molecule has 2 heteroatoms. The molecular formula is C42H28O2. The van der Waals surface area contributed by atoms with Gasteiger partial charge < -0.3 is 9.15 Å². The summed E-state index contributed by atoms with van der Waals surface area (Å²) in [5.74, 6) is 1.01. The van der Waals surface area contributed by atoms with Gasteiger partial charge in [-0.3, -0.25) is 0 Å². The van der Waals surface area contributed by atoms with E-state index in [0.717, 1.165) is 27.7 Å². The molecule has 0 N–H and O–H groups in total. The molecule has 9 rings (SSSR count). The minimum absolute atomic E-state index is 0.0326. The fourth-order valence-electron chi connectivity index (χ4n) is 6.74. The number of allylic oxidation sites excluding steroid dienone is 2. The molecule has 2 aliphatic rings. The Hall–Kier alpha value is -5.60. The van der Waals surface area contributed by atoms with E-state index in [0.29, 0.717) is 0 Å². The Labute approximate surface area is 256 Å². The number of fused-ring (bicyclic) bond motifs is 7. The van der Waals surface area contributed by atoms with Crippen molar-refractivity contribution < 1.29 is 9.15 Å². The lowest BCUT2D eigenvalue weighted by Gasteiger charge is -2.18. The van der Waals surface area contributed by atoms with Gasteiger partial charge >= 0.3 is 0 Å². The SMILES string of the molecule is C1=CC2Oc3c(ccc4c3oc3ccc(-c5ccc(-c6ccccc6)cc5)cc34)C2C=C1c1ccc(-c2ccccc2)cc1. The van der Waals surface area contributed by atoms with E-state index >= 15 is 0 Å². The van der Waals surface area contributed by atoms with Crippen LogP contribution >= 0.6 is 0 Å². The van der Waals surface area contributed by atoms with Crippen LogP contribution in [0.25, 0.3) is 60.9 Å². The first-order valence-corrected chi connectivity index (χ1v) is 15.2. The third kappa shape index (κ3) is 4.11. The van der Waals surface area contributed by atoms with Gasteiger partial charge in [-0.2, -0.15) is 0 Å². The van der Waals surface area contributed by atoms with Crippen LogP contribution in [0.5, 0.6) is 5.75 Å². The molecule has 0 saturated carbocycles. The largest absolute Gasteiger partial charge is 0.481 e. The van der Waals surface area contributed by atoms with Gasteiger partial charge in [-0.15, -0.1) is 0 Å². The van der Waals surface area contributed by atoms with E-state index in [-0.39, 0.29) is 12.0 Å². The number of ether oxygens (including phenoxy) is 1. The molecule has 2 nitrogen and oxygen atoms in total. The van der Waals surface area contributed by atoms with Gasteiger partial charge in [-0.25, -0.2) is 0 Å². The van der Waals surface area contributed by atoms with Crippen LogP contribution in [0.3, 0.4) is 0 Å². The van der Waals surface area contributed by atoms with Crippen LogP contribution in [0.4, 0.5) is 0 Å². The van der Waals surface area contributed by atoms with E-state index in [1.807, 2.05) is 6.07 Å². The van der Waals surface area contributed by atoms with Gasteiger partial charge in [0.2, 0.25) is 0 Å². The molecule has 0 saturated heterocycles. The summed E-state index contributed by atoms with van der Waals surface area (Å²) in [6, 6.07) is 49.5. The van der Waals surface area contributed by atoms with Gasteiger partial charge in [0.15, 0.2) is 11.3 Å². The Balaban J connectivity index is 1.04. The van der Waals surface area contributed by atoms with Crippen molar-refractivity contribution in [3.8, 4) is 39.1 Å². The summed E-state index contributed by atoms with van der Waals surface area (Å²) in [5, 5.41) is 2.20. The van der Waals surface area contributed by atoms with E-state index in [2.05, 4.69) is 152 Å². The topological polar surface area (TPSA) is 22.4 Å². The van der Waals surface area contributed by atoms with Crippen molar-refractivity contribution >= 4 is 27.5 Å². The smallest absolute Gasteiger partial charge is 0.177 e. The maximum absolute atomic E-state index is 6.56. The van der Waals surface area contributed by atoms with E-state index < -0.39 is 0 Å². The van der Waals surface area contributed by atoms with Crippen molar-refractivity contribution in [1.82, 2.24) is 0 Å². The Morgan fingerprint density at radius 2 is 1.05 bits per heavy atom. The van der Waals surface area contributed by atoms with Crippen LogP contribution in [0.15, 0.2) is 162 Å². The molecule has 208 valence electrons. The first-order valence-electron chi connectivity index (χ1n) is 15.2. The van der Waals surface area contributed by atoms with Gasteiger partial charge in [-0.05, 0) is 68.8 Å². The molecule has 7 aromatic rings. The van der Waals surface area contributed by atoms with Crippen LogP contribution in [0, 0.1) is 0 Å². The van der Waals surface area contributed by atoms with Crippen LogP contribution < -0.4 is 4.74 Å². The molecule has 44 heavy (non-hydrogen) atoms. The third-order valence-electron chi connectivity index (χ3n) is 9.07. The molecule has 2 unspecified atom stereocenters. The van der Waals surface area contributed by atoms with E-state index in [4.69, 9.17) is 9.15 Å². The number of hydrogen-bond donors (Lipinski definition) is 0. The maximum atomic E-state index is 6.56. The van der Waals surface area contributed by atoms with Crippen LogP contribution in [-0.4, -0.2) is 6.10 Å². The Kier molecular flexibility index (Phi) is 5.67. The lowest BCUT2D eigenvalue weighted by Crippen LogP contribution is -2.16. The van der Waals surface area contributed by atoms with Gasteiger partial charge in [0, 0.05) is 22.3 Å². The van der Waals surface area contributed by atoms with E-state index in [1.165, 1.54) is 50.1 Å². The molecule has 0 spiro atoms. The summed E-state index contributed by atoms with van der Waals surface area (Å²) in [6.07, 6.45) is 6.70. The summed E-state index contributed by atoms with van der Waals surface area (Å²) >= 11 is 0. The fourth-order valence-corrected chi connectivity index (χ4v) is 6.74. The highest BCUT2D eigenvalue weighted by Crippen LogP contribution is 2.49. The second-order valence-electron chi connectivity index (χ2n) is 11.6. The van der Waals surface area contributed by atoms with Crippen molar-refractivity contribution in [2.75, 3.05) is 0 Å². The second-order valence-corrected chi connectivity index (χ2v) is 11.6. The Morgan fingerprint density at radius 1 is 0.477 bits per heavy atom. The van der Waals surface area contributed by atoms with E-state index in [1.54, 1.807) is 0 Å². The quantitative estimate of drug-likeness (QED) is 0.212. The summed E-state index contributed by atoms with van der Waals surface area (Å²) in [7, 11) is 0. The average molecular weight is 565 g/mol. The van der Waals surface area contributed by atoms with Gasteiger partial charge in [0.25, 0.3) is 0 Å². The molecule has 0 fully saturated rings. The molecule has 2 atom stereocenters.